The molecule has 3 aromatic rings. The molecule has 0 aliphatic rings. The van der Waals surface area contributed by atoms with Crippen LogP contribution in [0, 0.1) is 6.92 Å². The molecular weight excluding hydrogens is 457 g/mol. The molecule has 1 amide bonds. The van der Waals surface area contributed by atoms with Crippen LogP contribution in [0.4, 0.5) is 5.13 Å². The molecule has 0 saturated carbocycles. The van der Waals surface area contributed by atoms with Crippen molar-refractivity contribution in [3.8, 4) is 0 Å². The van der Waals surface area contributed by atoms with E-state index in [-0.39, 0.29) is 18.3 Å². The van der Waals surface area contributed by atoms with Crippen molar-refractivity contribution in [1.82, 2.24) is 9.88 Å². The molecule has 4 nitrogen and oxygen atoms in total. The first-order valence-electron chi connectivity index (χ1n) is 9.65. The second kappa shape index (κ2) is 11.3. The minimum Gasteiger partial charge on any atom is -0.309 e. The topological polar surface area (TPSA) is 36.4 Å². The number of anilines is 1. The molecular formula is C22H27Cl2N3OS2. The largest absolute Gasteiger partial charge is 0.309 e. The Bertz CT molecular complexity index is 990. The summed E-state index contributed by atoms with van der Waals surface area (Å²) in [5.41, 5.74) is 2.51. The lowest BCUT2D eigenvalue weighted by molar-refractivity contribution is 0.0986. The molecule has 0 N–H and O–H groups in total. The first-order valence-corrected chi connectivity index (χ1v) is 11.8. The number of aromatic nitrogens is 1. The fourth-order valence-corrected chi connectivity index (χ4v) is 4.91. The van der Waals surface area contributed by atoms with Crippen LogP contribution in [0.2, 0.25) is 5.02 Å². The van der Waals surface area contributed by atoms with Crippen LogP contribution in [0.3, 0.4) is 0 Å². The average Bonchev–Trinajstić information content (AvgIpc) is 3.13. The molecule has 0 unspecified atom stereocenters. The fourth-order valence-electron chi connectivity index (χ4n) is 3.05. The van der Waals surface area contributed by atoms with Crippen molar-refractivity contribution >= 4 is 68.4 Å². The number of hydrogen-bond acceptors (Lipinski definition) is 5. The number of aryl methyl sites for hydroxylation is 1. The van der Waals surface area contributed by atoms with Gasteiger partial charge in [-0.2, -0.15) is 0 Å². The number of hydrogen-bond donors (Lipinski definition) is 0. The molecule has 0 saturated heterocycles. The van der Waals surface area contributed by atoms with Crippen LogP contribution < -0.4 is 4.90 Å². The molecule has 0 fully saturated rings. The van der Waals surface area contributed by atoms with E-state index in [1.165, 1.54) is 16.2 Å². The Morgan fingerprint density at radius 2 is 1.83 bits per heavy atom. The Kier molecular flexibility index (Phi) is 9.44. The molecule has 0 spiro atoms. The van der Waals surface area contributed by atoms with Crippen LogP contribution in [0.15, 0.2) is 41.3 Å². The van der Waals surface area contributed by atoms with Crippen LogP contribution in [-0.2, 0) is 0 Å². The SMILES string of the molecule is CCSc1ccc(C(=O)N(CCCN(C)C)c2nc3c(C)c(Cl)ccc3s2)cc1.Cl. The zero-order chi connectivity index (χ0) is 21.0. The number of carbonyl (C=O) groups excluding carboxylic acids is 1. The van der Waals surface area contributed by atoms with Crippen LogP contribution >= 0.6 is 47.1 Å². The van der Waals surface area contributed by atoms with Gasteiger partial charge in [0.1, 0.15) is 0 Å². The Morgan fingerprint density at radius 3 is 2.47 bits per heavy atom. The van der Waals surface area contributed by atoms with Crippen molar-refractivity contribution in [2.24, 2.45) is 0 Å². The van der Waals surface area contributed by atoms with Crippen molar-refractivity contribution < 1.29 is 4.79 Å². The standard InChI is InChI=1S/C22H26ClN3OS2.ClH/c1-5-28-17-9-7-16(8-10-17)21(27)26(14-6-13-25(3)4)22-24-20-15(2)18(23)11-12-19(20)29-22;/h7-12H,5-6,13-14H2,1-4H3;1H. The summed E-state index contributed by atoms with van der Waals surface area (Å²) >= 11 is 9.58. The third kappa shape index (κ3) is 5.89. The second-order valence-corrected chi connectivity index (χ2v) is 9.84. The zero-order valence-electron chi connectivity index (χ0n) is 17.6. The summed E-state index contributed by atoms with van der Waals surface area (Å²) < 4.78 is 1.04. The van der Waals surface area contributed by atoms with E-state index in [4.69, 9.17) is 16.6 Å². The minimum absolute atomic E-state index is 0. The fraction of sp³-hybridized carbons (Fsp3) is 0.364. The highest BCUT2D eigenvalue weighted by atomic mass is 35.5. The maximum Gasteiger partial charge on any atom is 0.260 e. The Labute approximate surface area is 198 Å². The van der Waals surface area contributed by atoms with Gasteiger partial charge in [-0.25, -0.2) is 4.98 Å². The van der Waals surface area contributed by atoms with Crippen molar-refractivity contribution in [3.05, 3.63) is 52.5 Å². The first kappa shape index (κ1) is 25.0. The summed E-state index contributed by atoms with van der Waals surface area (Å²) in [6, 6.07) is 11.7. The van der Waals surface area contributed by atoms with E-state index in [9.17, 15) is 4.79 Å². The van der Waals surface area contributed by atoms with Gasteiger partial charge >= 0.3 is 0 Å². The van der Waals surface area contributed by atoms with E-state index in [1.807, 2.05) is 62.3 Å². The van der Waals surface area contributed by atoms with Crippen LogP contribution in [-0.4, -0.2) is 48.7 Å². The highest BCUT2D eigenvalue weighted by molar-refractivity contribution is 7.99. The van der Waals surface area contributed by atoms with E-state index in [1.54, 1.807) is 11.8 Å². The minimum atomic E-state index is -0.0142. The average molecular weight is 485 g/mol. The number of benzene rings is 2. The number of rotatable bonds is 8. The van der Waals surface area contributed by atoms with Gasteiger partial charge in [0.05, 0.1) is 10.2 Å². The summed E-state index contributed by atoms with van der Waals surface area (Å²) in [5.74, 6) is 0.997. The van der Waals surface area contributed by atoms with Gasteiger partial charge in [-0.05, 0) is 81.7 Å². The van der Waals surface area contributed by atoms with E-state index >= 15 is 0 Å². The lowest BCUT2D eigenvalue weighted by Crippen LogP contribution is -2.33. The summed E-state index contributed by atoms with van der Waals surface area (Å²) in [6.07, 6.45) is 0.873. The third-order valence-electron chi connectivity index (χ3n) is 4.61. The third-order valence-corrected chi connectivity index (χ3v) is 6.96. The van der Waals surface area contributed by atoms with Crippen molar-refractivity contribution in [1.29, 1.82) is 0 Å². The number of carbonyl (C=O) groups is 1. The predicted molar refractivity (Wildman–Crippen MR) is 134 cm³/mol. The summed E-state index contributed by atoms with van der Waals surface area (Å²) in [6.45, 7) is 5.62. The van der Waals surface area contributed by atoms with E-state index in [0.717, 1.165) is 39.6 Å². The smallest absolute Gasteiger partial charge is 0.260 e. The number of fused-ring (bicyclic) bond motifs is 1. The monoisotopic (exact) mass is 483 g/mol. The van der Waals surface area contributed by atoms with Gasteiger partial charge in [-0.15, -0.1) is 24.2 Å². The van der Waals surface area contributed by atoms with Crippen molar-refractivity contribution in [3.63, 3.8) is 0 Å². The van der Waals surface area contributed by atoms with Gasteiger partial charge in [-0.3, -0.25) is 9.69 Å². The molecule has 0 bridgehead atoms. The van der Waals surface area contributed by atoms with Crippen LogP contribution in [0.5, 0.6) is 0 Å². The van der Waals surface area contributed by atoms with Crippen molar-refractivity contribution in [2.75, 3.05) is 37.8 Å². The second-order valence-electron chi connectivity index (χ2n) is 7.09. The summed E-state index contributed by atoms with van der Waals surface area (Å²) in [5, 5.41) is 1.42. The Morgan fingerprint density at radius 1 is 1.13 bits per heavy atom. The molecule has 1 aromatic heterocycles. The molecule has 3 rings (SSSR count). The molecule has 0 aliphatic carbocycles. The quantitative estimate of drug-likeness (QED) is 0.347. The lowest BCUT2D eigenvalue weighted by atomic mass is 10.2. The molecule has 8 heteroatoms. The van der Waals surface area contributed by atoms with Crippen LogP contribution in [0.1, 0.15) is 29.3 Å². The van der Waals surface area contributed by atoms with Gasteiger partial charge in [0.2, 0.25) is 0 Å². The maximum atomic E-state index is 13.4. The first-order chi connectivity index (χ1) is 13.9. The van der Waals surface area contributed by atoms with E-state index < -0.39 is 0 Å². The highest BCUT2D eigenvalue weighted by Gasteiger charge is 2.22. The van der Waals surface area contributed by atoms with E-state index in [0.29, 0.717) is 17.1 Å². The number of thioether (sulfide) groups is 1. The number of nitrogens with zero attached hydrogens (tertiary/aromatic N) is 3. The van der Waals surface area contributed by atoms with Crippen LogP contribution in [0.25, 0.3) is 10.2 Å². The van der Waals surface area contributed by atoms with Gasteiger partial charge in [0, 0.05) is 22.0 Å². The van der Waals surface area contributed by atoms with Gasteiger partial charge < -0.3 is 4.90 Å². The number of halogens is 2. The van der Waals surface area contributed by atoms with Gasteiger partial charge in [0.15, 0.2) is 5.13 Å². The summed E-state index contributed by atoms with van der Waals surface area (Å²) in [7, 11) is 4.08. The zero-order valence-corrected chi connectivity index (χ0v) is 20.9. The highest BCUT2D eigenvalue weighted by Crippen LogP contribution is 2.34. The van der Waals surface area contributed by atoms with Gasteiger partial charge in [-0.1, -0.05) is 29.9 Å². The normalized spacial score (nSPS) is 11.0. The summed E-state index contributed by atoms with van der Waals surface area (Å²) in [4.78, 5) is 23.3. The molecule has 1 heterocycles. The maximum absolute atomic E-state index is 13.4. The molecule has 0 atom stereocenters. The van der Waals surface area contributed by atoms with Gasteiger partial charge in [0.25, 0.3) is 5.91 Å². The molecule has 162 valence electrons. The number of thiazole rings is 1. The van der Waals surface area contributed by atoms with E-state index in [2.05, 4.69) is 11.8 Å². The molecule has 30 heavy (non-hydrogen) atoms. The molecule has 2 aromatic carbocycles. The predicted octanol–water partition coefficient (Wildman–Crippen LogP) is 6.39. The molecule has 0 aliphatic heterocycles. The number of amides is 1. The molecule has 0 radical (unpaired) electrons. The Hall–Kier alpha value is -1.31. The van der Waals surface area contributed by atoms with Crippen molar-refractivity contribution in [2.45, 2.75) is 25.2 Å². The Balaban J connectivity index is 0.00000320. The lowest BCUT2D eigenvalue weighted by Gasteiger charge is -2.21.